The summed E-state index contributed by atoms with van der Waals surface area (Å²) in [6.45, 7) is 3.21. The van der Waals surface area contributed by atoms with Crippen LogP contribution in [0.5, 0.6) is 0 Å². The van der Waals surface area contributed by atoms with Crippen molar-refractivity contribution in [1.29, 1.82) is 0 Å². The van der Waals surface area contributed by atoms with Crippen LogP contribution in [0.2, 0.25) is 0 Å². The summed E-state index contributed by atoms with van der Waals surface area (Å²) in [5.41, 5.74) is -1.74. The molecule has 0 unspecified atom stereocenters. The molecule has 1 aromatic carbocycles. The number of terminal acetylenes is 1. The zero-order valence-corrected chi connectivity index (χ0v) is 13.5. The molecule has 0 spiro atoms. The smallest absolute Gasteiger partial charge is 0.355 e. The van der Waals surface area contributed by atoms with Crippen LogP contribution in [0.1, 0.15) is 31.4 Å². The molecule has 0 radical (unpaired) electrons. The van der Waals surface area contributed by atoms with Gasteiger partial charge in [-0.15, -0.1) is 6.42 Å². The maximum absolute atomic E-state index is 12.8. The Hall–Kier alpha value is -2.49. The van der Waals surface area contributed by atoms with Gasteiger partial charge in [-0.1, -0.05) is 24.1 Å². The number of alkyl halides is 3. The zero-order valence-electron chi connectivity index (χ0n) is 13.5. The molecule has 7 heteroatoms. The van der Waals surface area contributed by atoms with Crippen LogP contribution in [0.15, 0.2) is 24.3 Å². The number of hydrogen-bond donors (Lipinski definition) is 2. The minimum atomic E-state index is -4.47. The fourth-order valence-corrected chi connectivity index (χ4v) is 1.96. The largest absolute Gasteiger partial charge is 0.416 e. The molecule has 130 valence electrons. The first kappa shape index (κ1) is 19.6. The van der Waals surface area contributed by atoms with Crippen molar-refractivity contribution in [2.45, 2.75) is 31.9 Å². The topological polar surface area (TPSA) is 58.2 Å². The van der Waals surface area contributed by atoms with Gasteiger partial charge in [-0.2, -0.15) is 13.2 Å². The SMILES string of the molecule is C#CCNC(=O)CCNC(=O)C(C)(C)c1cccc(C(F)(F)F)c1. The molecule has 1 aromatic rings. The Balaban J connectivity index is 2.72. The second kappa shape index (κ2) is 7.86. The van der Waals surface area contributed by atoms with Gasteiger partial charge in [0.05, 0.1) is 17.5 Å². The fraction of sp³-hybridized carbons (Fsp3) is 0.412. The van der Waals surface area contributed by atoms with Crippen molar-refractivity contribution in [1.82, 2.24) is 10.6 Å². The molecular formula is C17H19F3N2O2. The summed E-state index contributed by atoms with van der Waals surface area (Å²) in [6.07, 6.45) is 0.563. The van der Waals surface area contributed by atoms with Gasteiger partial charge in [0.15, 0.2) is 0 Å². The lowest BCUT2D eigenvalue weighted by Crippen LogP contribution is -2.41. The maximum Gasteiger partial charge on any atom is 0.416 e. The van der Waals surface area contributed by atoms with Gasteiger partial charge in [0.1, 0.15) is 0 Å². The third-order valence-electron chi connectivity index (χ3n) is 3.50. The second-order valence-corrected chi connectivity index (χ2v) is 5.69. The van der Waals surface area contributed by atoms with Crippen LogP contribution in [0.3, 0.4) is 0 Å². The minimum Gasteiger partial charge on any atom is -0.355 e. The first-order chi connectivity index (χ1) is 11.1. The van der Waals surface area contributed by atoms with E-state index in [0.717, 1.165) is 12.1 Å². The summed E-state index contributed by atoms with van der Waals surface area (Å²) in [4.78, 5) is 23.6. The highest BCUT2D eigenvalue weighted by Gasteiger charge is 2.34. The minimum absolute atomic E-state index is 0.0338. The fourth-order valence-electron chi connectivity index (χ4n) is 1.96. The highest BCUT2D eigenvalue weighted by molar-refractivity contribution is 5.87. The van der Waals surface area contributed by atoms with E-state index in [0.29, 0.717) is 0 Å². The van der Waals surface area contributed by atoms with Crippen LogP contribution in [0, 0.1) is 12.3 Å². The van der Waals surface area contributed by atoms with Crippen molar-refractivity contribution >= 4 is 11.8 Å². The van der Waals surface area contributed by atoms with E-state index < -0.39 is 23.1 Å². The van der Waals surface area contributed by atoms with Crippen molar-refractivity contribution in [3.63, 3.8) is 0 Å². The molecule has 2 amide bonds. The van der Waals surface area contributed by atoms with Crippen molar-refractivity contribution in [3.8, 4) is 12.3 Å². The van der Waals surface area contributed by atoms with E-state index in [9.17, 15) is 22.8 Å². The number of carbonyl (C=O) groups excluding carboxylic acids is 2. The Morgan fingerprint density at radius 2 is 1.79 bits per heavy atom. The average molecular weight is 340 g/mol. The quantitative estimate of drug-likeness (QED) is 0.781. The molecule has 0 fully saturated rings. The first-order valence-corrected chi connectivity index (χ1v) is 7.25. The highest BCUT2D eigenvalue weighted by Crippen LogP contribution is 2.32. The van der Waals surface area contributed by atoms with E-state index in [1.165, 1.54) is 26.0 Å². The third-order valence-corrected chi connectivity index (χ3v) is 3.50. The van der Waals surface area contributed by atoms with Gasteiger partial charge in [0, 0.05) is 13.0 Å². The number of carbonyl (C=O) groups is 2. The van der Waals surface area contributed by atoms with Gasteiger partial charge in [0.2, 0.25) is 11.8 Å². The Bertz CT molecular complexity index is 646. The number of amides is 2. The molecule has 1 rings (SSSR count). The van der Waals surface area contributed by atoms with Crippen molar-refractivity contribution in [3.05, 3.63) is 35.4 Å². The van der Waals surface area contributed by atoms with Crippen LogP contribution >= 0.6 is 0 Å². The van der Waals surface area contributed by atoms with Gasteiger partial charge in [-0.05, 0) is 25.5 Å². The number of benzene rings is 1. The normalized spacial score (nSPS) is 11.5. The number of hydrogen-bond acceptors (Lipinski definition) is 2. The molecule has 4 nitrogen and oxygen atoms in total. The van der Waals surface area contributed by atoms with E-state index in [-0.39, 0.29) is 31.0 Å². The standard InChI is InChI=1S/C17H19F3N2O2/c1-4-9-21-14(23)8-10-22-15(24)16(2,3)12-6-5-7-13(11-12)17(18,19)20/h1,5-7,11H,8-10H2,2-3H3,(H,21,23)(H,22,24). The summed E-state index contributed by atoms with van der Waals surface area (Å²) in [6, 6.07) is 4.64. The van der Waals surface area contributed by atoms with E-state index in [1.54, 1.807) is 0 Å². The van der Waals surface area contributed by atoms with Gasteiger partial charge in [-0.25, -0.2) is 0 Å². The van der Waals surface area contributed by atoms with Crippen LogP contribution in [0.25, 0.3) is 0 Å². The number of halogens is 3. The van der Waals surface area contributed by atoms with Crippen LogP contribution in [0.4, 0.5) is 13.2 Å². The van der Waals surface area contributed by atoms with Crippen molar-refractivity contribution < 1.29 is 22.8 Å². The summed E-state index contributed by atoms with van der Waals surface area (Å²) in [5.74, 6) is 1.47. The number of nitrogens with one attached hydrogen (secondary N) is 2. The van der Waals surface area contributed by atoms with Gasteiger partial charge >= 0.3 is 6.18 Å². The molecule has 0 aliphatic carbocycles. The summed E-state index contributed by atoms with van der Waals surface area (Å²) in [5, 5.41) is 5.00. The molecular weight excluding hydrogens is 321 g/mol. The summed E-state index contributed by atoms with van der Waals surface area (Å²) in [7, 11) is 0. The molecule has 0 heterocycles. The Labute approximate surface area is 138 Å². The number of rotatable bonds is 6. The Morgan fingerprint density at radius 3 is 2.38 bits per heavy atom. The van der Waals surface area contributed by atoms with Crippen LogP contribution < -0.4 is 10.6 Å². The molecule has 0 aliphatic heterocycles. The van der Waals surface area contributed by atoms with E-state index in [1.807, 2.05) is 0 Å². The molecule has 0 aliphatic rings. The van der Waals surface area contributed by atoms with Gasteiger partial charge in [0.25, 0.3) is 0 Å². The zero-order chi connectivity index (χ0) is 18.4. The highest BCUT2D eigenvalue weighted by atomic mass is 19.4. The van der Waals surface area contributed by atoms with Crippen molar-refractivity contribution in [2.75, 3.05) is 13.1 Å². The van der Waals surface area contributed by atoms with Crippen LogP contribution in [-0.4, -0.2) is 24.9 Å². The predicted octanol–water partition coefficient (Wildman–Crippen LogP) is 2.24. The van der Waals surface area contributed by atoms with E-state index in [2.05, 4.69) is 16.6 Å². The van der Waals surface area contributed by atoms with E-state index in [4.69, 9.17) is 6.42 Å². The predicted molar refractivity (Wildman–Crippen MR) is 83.9 cm³/mol. The molecule has 24 heavy (non-hydrogen) atoms. The van der Waals surface area contributed by atoms with Gasteiger partial charge < -0.3 is 10.6 Å². The Morgan fingerprint density at radius 1 is 1.17 bits per heavy atom. The monoisotopic (exact) mass is 340 g/mol. The lowest BCUT2D eigenvalue weighted by atomic mass is 9.83. The molecule has 0 saturated carbocycles. The van der Waals surface area contributed by atoms with Gasteiger partial charge in [-0.3, -0.25) is 9.59 Å². The molecule has 0 saturated heterocycles. The first-order valence-electron chi connectivity index (χ1n) is 7.25. The lowest BCUT2D eigenvalue weighted by Gasteiger charge is -2.25. The molecule has 0 bridgehead atoms. The lowest BCUT2D eigenvalue weighted by molar-refractivity contribution is -0.138. The third kappa shape index (κ3) is 5.30. The second-order valence-electron chi connectivity index (χ2n) is 5.69. The molecule has 2 N–H and O–H groups in total. The summed E-state index contributed by atoms with van der Waals surface area (Å²) < 4.78 is 38.4. The summed E-state index contributed by atoms with van der Waals surface area (Å²) >= 11 is 0. The molecule has 0 aromatic heterocycles. The average Bonchev–Trinajstić information content (AvgIpc) is 2.52. The molecule has 0 atom stereocenters. The maximum atomic E-state index is 12.8. The van der Waals surface area contributed by atoms with E-state index >= 15 is 0 Å². The van der Waals surface area contributed by atoms with Crippen molar-refractivity contribution in [2.24, 2.45) is 0 Å². The Kier molecular flexibility index (Phi) is 6.41. The van der Waals surface area contributed by atoms with Crippen LogP contribution in [-0.2, 0) is 21.2 Å².